The van der Waals surface area contributed by atoms with Crippen LogP contribution >= 0.6 is 23.4 Å². The molecular formula is C18H15ClF3N7OS. The summed E-state index contributed by atoms with van der Waals surface area (Å²) in [6.07, 6.45) is -3.02. The minimum atomic E-state index is -4.50. The molecule has 8 nitrogen and oxygen atoms in total. The normalized spacial score (nSPS) is 11.6. The van der Waals surface area contributed by atoms with Crippen molar-refractivity contribution in [3.05, 3.63) is 64.7 Å². The molecule has 13 heteroatoms. The van der Waals surface area contributed by atoms with Crippen LogP contribution in [0.3, 0.4) is 0 Å². The fraction of sp³-hybridized carbons (Fsp3) is 0.111. The number of hydrazone groups is 1. The van der Waals surface area contributed by atoms with E-state index in [-0.39, 0.29) is 22.5 Å². The zero-order chi connectivity index (χ0) is 22.4. The van der Waals surface area contributed by atoms with Gasteiger partial charge in [0.25, 0.3) is 5.95 Å². The average molecular weight is 470 g/mol. The van der Waals surface area contributed by atoms with Gasteiger partial charge in [-0.25, -0.2) is 10.1 Å². The summed E-state index contributed by atoms with van der Waals surface area (Å²) >= 11 is 6.98. The number of hydrogen-bond donors (Lipinski definition) is 3. The van der Waals surface area contributed by atoms with Crippen LogP contribution < -0.4 is 16.6 Å². The van der Waals surface area contributed by atoms with Crippen molar-refractivity contribution >= 4 is 47.1 Å². The van der Waals surface area contributed by atoms with E-state index in [2.05, 4.69) is 26.0 Å². The van der Waals surface area contributed by atoms with Gasteiger partial charge in [0, 0.05) is 16.3 Å². The quantitative estimate of drug-likeness (QED) is 0.210. The fourth-order valence-corrected chi connectivity index (χ4v) is 3.13. The summed E-state index contributed by atoms with van der Waals surface area (Å²) in [4.78, 5) is 12.1. The zero-order valence-electron chi connectivity index (χ0n) is 15.6. The Hall–Kier alpha value is -3.25. The lowest BCUT2D eigenvalue weighted by molar-refractivity contribution is -0.137. The third-order valence-corrected chi connectivity index (χ3v) is 5.03. The van der Waals surface area contributed by atoms with Gasteiger partial charge in [-0.1, -0.05) is 47.6 Å². The van der Waals surface area contributed by atoms with Crippen LogP contribution in [-0.2, 0) is 11.0 Å². The number of alkyl halides is 3. The number of nitrogens with two attached hydrogens (primary N) is 1. The molecule has 0 aliphatic heterocycles. The Balaban J connectivity index is 1.55. The Kier molecular flexibility index (Phi) is 7.02. The molecule has 4 N–H and O–H groups in total. The number of benzene rings is 2. The highest BCUT2D eigenvalue weighted by molar-refractivity contribution is 7.99. The molecule has 1 aromatic heterocycles. The number of anilines is 2. The largest absolute Gasteiger partial charge is 0.416 e. The first-order chi connectivity index (χ1) is 14.7. The van der Waals surface area contributed by atoms with Gasteiger partial charge < -0.3 is 11.2 Å². The third-order valence-electron chi connectivity index (χ3n) is 3.74. The lowest BCUT2D eigenvalue weighted by Crippen LogP contribution is -2.17. The van der Waals surface area contributed by atoms with Crippen molar-refractivity contribution in [1.82, 2.24) is 14.9 Å². The maximum absolute atomic E-state index is 12.8. The van der Waals surface area contributed by atoms with Gasteiger partial charge in [0.15, 0.2) is 0 Å². The molecule has 0 saturated carbocycles. The molecule has 0 bridgehead atoms. The summed E-state index contributed by atoms with van der Waals surface area (Å²) in [5, 5.41) is 14.8. The van der Waals surface area contributed by atoms with E-state index >= 15 is 0 Å². The summed E-state index contributed by atoms with van der Waals surface area (Å²) < 4.78 is 39.4. The van der Waals surface area contributed by atoms with Crippen molar-refractivity contribution in [2.45, 2.75) is 11.3 Å². The summed E-state index contributed by atoms with van der Waals surface area (Å²) in [6, 6.07) is 11.4. The number of nitrogens with zero attached hydrogens (tertiary/aromatic N) is 4. The fourth-order valence-electron chi connectivity index (χ4n) is 2.29. The van der Waals surface area contributed by atoms with Crippen LogP contribution in [0.2, 0.25) is 5.02 Å². The third kappa shape index (κ3) is 6.12. The van der Waals surface area contributed by atoms with E-state index < -0.39 is 17.6 Å². The van der Waals surface area contributed by atoms with Crippen molar-refractivity contribution in [2.24, 2.45) is 5.10 Å². The maximum atomic E-state index is 12.8. The van der Waals surface area contributed by atoms with E-state index in [1.807, 2.05) is 0 Å². The minimum Gasteiger partial charge on any atom is -0.334 e. The second kappa shape index (κ2) is 9.71. The van der Waals surface area contributed by atoms with Crippen LogP contribution in [0.15, 0.2) is 58.8 Å². The standard InChI is InChI=1S/C18H15ClF3N7OS/c19-14-7-2-1-4-11(14)9-24-26-16-27-28-17(29(16)23)31-10-15(30)25-13-6-3-5-12(8-13)18(20,21)22/h1-9H,10,23H2,(H,25,30)(H,26,27)/b24-9+. The van der Waals surface area contributed by atoms with Gasteiger partial charge in [0.1, 0.15) is 0 Å². The summed E-state index contributed by atoms with van der Waals surface area (Å²) in [5.74, 6) is 5.31. The van der Waals surface area contributed by atoms with Crippen molar-refractivity contribution in [2.75, 3.05) is 22.3 Å². The Bertz CT molecular complexity index is 1100. The Labute approximate surface area is 183 Å². The number of rotatable bonds is 7. The van der Waals surface area contributed by atoms with E-state index in [4.69, 9.17) is 17.4 Å². The van der Waals surface area contributed by atoms with E-state index in [0.717, 1.165) is 28.6 Å². The van der Waals surface area contributed by atoms with E-state index in [1.54, 1.807) is 24.3 Å². The maximum Gasteiger partial charge on any atom is 0.416 e. The molecule has 0 aliphatic carbocycles. The van der Waals surface area contributed by atoms with E-state index in [9.17, 15) is 18.0 Å². The first-order valence-electron chi connectivity index (χ1n) is 8.58. The topological polar surface area (TPSA) is 110 Å². The van der Waals surface area contributed by atoms with Crippen molar-refractivity contribution in [3.8, 4) is 0 Å². The summed E-state index contributed by atoms with van der Waals surface area (Å²) in [6.45, 7) is 0. The molecule has 3 aromatic rings. The van der Waals surface area contributed by atoms with Gasteiger partial charge in [-0.3, -0.25) is 4.79 Å². The summed E-state index contributed by atoms with van der Waals surface area (Å²) in [5.41, 5.74) is 2.47. The Morgan fingerprint density at radius 2 is 2.00 bits per heavy atom. The first kappa shape index (κ1) is 22.4. The molecule has 3 rings (SSSR count). The van der Waals surface area contributed by atoms with Crippen molar-refractivity contribution < 1.29 is 18.0 Å². The number of nitrogens with one attached hydrogen (secondary N) is 2. The van der Waals surface area contributed by atoms with Crippen LogP contribution in [0.25, 0.3) is 0 Å². The van der Waals surface area contributed by atoms with Crippen LogP contribution in [0.5, 0.6) is 0 Å². The van der Waals surface area contributed by atoms with Crippen LogP contribution in [0.1, 0.15) is 11.1 Å². The predicted octanol–water partition coefficient (Wildman–Crippen LogP) is 3.84. The second-order valence-corrected chi connectivity index (χ2v) is 7.33. The summed E-state index contributed by atoms with van der Waals surface area (Å²) in [7, 11) is 0. The van der Waals surface area contributed by atoms with E-state index in [0.29, 0.717) is 10.6 Å². The molecule has 31 heavy (non-hydrogen) atoms. The molecule has 0 spiro atoms. The second-order valence-electron chi connectivity index (χ2n) is 5.98. The highest BCUT2D eigenvalue weighted by atomic mass is 35.5. The van der Waals surface area contributed by atoms with Crippen molar-refractivity contribution in [1.29, 1.82) is 0 Å². The van der Waals surface area contributed by atoms with Gasteiger partial charge in [-0.2, -0.15) is 18.3 Å². The number of amides is 1. The average Bonchev–Trinajstić information content (AvgIpc) is 3.07. The zero-order valence-corrected chi connectivity index (χ0v) is 17.2. The van der Waals surface area contributed by atoms with Crippen LogP contribution in [0, 0.1) is 0 Å². The monoisotopic (exact) mass is 469 g/mol. The molecule has 0 saturated heterocycles. The minimum absolute atomic E-state index is 0.0332. The number of nitrogen functional groups attached to an aromatic ring is 1. The molecule has 0 unspecified atom stereocenters. The van der Waals surface area contributed by atoms with Gasteiger partial charge in [0.2, 0.25) is 11.1 Å². The number of carbonyl (C=O) groups is 1. The highest BCUT2D eigenvalue weighted by Gasteiger charge is 2.30. The molecule has 1 amide bonds. The molecule has 0 fully saturated rings. The molecule has 1 heterocycles. The number of carbonyl (C=O) groups excluding carboxylic acids is 1. The molecule has 0 atom stereocenters. The lowest BCUT2D eigenvalue weighted by atomic mass is 10.2. The number of thioether (sulfide) groups is 1. The lowest BCUT2D eigenvalue weighted by Gasteiger charge is -2.09. The number of aromatic nitrogens is 3. The molecule has 2 aromatic carbocycles. The number of hydrogen-bond acceptors (Lipinski definition) is 7. The Morgan fingerprint density at radius 3 is 2.74 bits per heavy atom. The number of halogens is 4. The molecular weight excluding hydrogens is 455 g/mol. The Morgan fingerprint density at radius 1 is 1.23 bits per heavy atom. The van der Waals surface area contributed by atoms with Crippen molar-refractivity contribution in [3.63, 3.8) is 0 Å². The van der Waals surface area contributed by atoms with Gasteiger partial charge in [-0.05, 0) is 24.3 Å². The van der Waals surface area contributed by atoms with E-state index in [1.165, 1.54) is 18.3 Å². The molecule has 0 radical (unpaired) electrons. The van der Waals surface area contributed by atoms with Crippen LogP contribution in [-0.4, -0.2) is 32.7 Å². The SMILES string of the molecule is Nn1c(N/N=C/c2ccccc2Cl)nnc1SCC(=O)Nc1cccc(C(F)(F)F)c1. The first-order valence-corrected chi connectivity index (χ1v) is 9.94. The molecule has 162 valence electrons. The van der Waals surface area contributed by atoms with Gasteiger partial charge in [-0.15, -0.1) is 10.2 Å². The van der Waals surface area contributed by atoms with Gasteiger partial charge >= 0.3 is 6.18 Å². The highest BCUT2D eigenvalue weighted by Crippen LogP contribution is 2.30. The molecule has 0 aliphatic rings. The van der Waals surface area contributed by atoms with Crippen LogP contribution in [0.4, 0.5) is 24.8 Å². The van der Waals surface area contributed by atoms with Gasteiger partial charge in [0.05, 0.1) is 17.5 Å². The smallest absolute Gasteiger partial charge is 0.334 e. The predicted molar refractivity (Wildman–Crippen MR) is 114 cm³/mol.